The van der Waals surface area contributed by atoms with Crippen LogP contribution in [0.25, 0.3) is 0 Å². The van der Waals surface area contributed by atoms with Crippen molar-refractivity contribution in [3.8, 4) is 0 Å². The molecule has 0 bridgehead atoms. The van der Waals surface area contributed by atoms with E-state index in [2.05, 4.69) is 13.8 Å². The molecular formula is C9H16Cl2O. The van der Waals surface area contributed by atoms with Crippen molar-refractivity contribution in [1.29, 1.82) is 0 Å². The molecule has 0 aliphatic carbocycles. The first kappa shape index (κ1) is 12.3. The summed E-state index contributed by atoms with van der Waals surface area (Å²) in [6, 6.07) is 0. The van der Waals surface area contributed by atoms with Crippen LogP contribution in [0.3, 0.4) is 0 Å². The predicted octanol–water partition coefficient (Wildman–Crippen LogP) is 3.76. The normalized spacial score (nSPS) is 10.4. The molecule has 0 aliphatic rings. The van der Waals surface area contributed by atoms with Gasteiger partial charge in [-0.15, -0.1) is 0 Å². The standard InChI is InChI=1S/C9H16Cl2O/c1-8(2)4-3-6-12-7-5-9(10)11/h5,8H,3-4,6-7H2,1-2H3. The van der Waals surface area contributed by atoms with Crippen LogP contribution in [0.2, 0.25) is 0 Å². The maximum Gasteiger partial charge on any atom is 0.105 e. The van der Waals surface area contributed by atoms with Crippen LogP contribution in [0.5, 0.6) is 0 Å². The minimum Gasteiger partial charge on any atom is -0.377 e. The summed E-state index contributed by atoms with van der Waals surface area (Å²) >= 11 is 10.8. The largest absolute Gasteiger partial charge is 0.377 e. The second-order valence-electron chi connectivity index (χ2n) is 3.10. The van der Waals surface area contributed by atoms with Crippen molar-refractivity contribution < 1.29 is 4.74 Å². The van der Waals surface area contributed by atoms with Gasteiger partial charge in [0.1, 0.15) is 4.49 Å². The van der Waals surface area contributed by atoms with E-state index in [1.165, 1.54) is 6.42 Å². The molecule has 0 rings (SSSR count). The second-order valence-corrected chi connectivity index (χ2v) is 4.11. The van der Waals surface area contributed by atoms with Crippen molar-refractivity contribution in [3.05, 3.63) is 10.6 Å². The molecule has 0 saturated carbocycles. The molecule has 72 valence electrons. The highest BCUT2D eigenvalue weighted by Gasteiger charge is 1.93. The van der Waals surface area contributed by atoms with Gasteiger partial charge in [0, 0.05) is 6.61 Å². The maximum atomic E-state index is 5.39. The number of rotatable bonds is 6. The fraction of sp³-hybridized carbons (Fsp3) is 0.778. The molecule has 0 spiro atoms. The first-order valence-electron chi connectivity index (χ1n) is 4.22. The minimum absolute atomic E-state index is 0.277. The van der Waals surface area contributed by atoms with Gasteiger partial charge < -0.3 is 4.74 Å². The van der Waals surface area contributed by atoms with Crippen LogP contribution in [0.1, 0.15) is 26.7 Å². The Bertz CT molecular complexity index is 128. The highest BCUT2D eigenvalue weighted by atomic mass is 35.5. The third kappa shape index (κ3) is 10.3. The first-order valence-corrected chi connectivity index (χ1v) is 4.97. The molecule has 0 amide bonds. The highest BCUT2D eigenvalue weighted by molar-refractivity contribution is 6.55. The van der Waals surface area contributed by atoms with E-state index in [1.807, 2.05) is 0 Å². The summed E-state index contributed by atoms with van der Waals surface area (Å²) in [4.78, 5) is 0. The van der Waals surface area contributed by atoms with Gasteiger partial charge in [-0.05, 0) is 24.8 Å². The van der Waals surface area contributed by atoms with Crippen molar-refractivity contribution in [2.24, 2.45) is 5.92 Å². The SMILES string of the molecule is CC(C)CCCOCC=C(Cl)Cl. The Kier molecular flexibility index (Phi) is 8.09. The van der Waals surface area contributed by atoms with E-state index >= 15 is 0 Å². The van der Waals surface area contributed by atoms with Crippen LogP contribution in [-0.2, 0) is 4.74 Å². The number of ether oxygens (including phenoxy) is 1. The summed E-state index contributed by atoms with van der Waals surface area (Å²) in [5.74, 6) is 0.751. The molecule has 0 heterocycles. The molecule has 0 atom stereocenters. The fourth-order valence-electron chi connectivity index (χ4n) is 0.799. The van der Waals surface area contributed by atoms with E-state index in [0.29, 0.717) is 6.61 Å². The lowest BCUT2D eigenvalue weighted by Crippen LogP contribution is -1.96. The minimum atomic E-state index is 0.277. The Morgan fingerprint density at radius 3 is 2.58 bits per heavy atom. The quantitative estimate of drug-likeness (QED) is 0.608. The zero-order valence-electron chi connectivity index (χ0n) is 7.65. The van der Waals surface area contributed by atoms with Crippen LogP contribution >= 0.6 is 23.2 Å². The molecule has 0 fully saturated rings. The van der Waals surface area contributed by atoms with Crippen molar-refractivity contribution in [2.45, 2.75) is 26.7 Å². The summed E-state index contributed by atoms with van der Waals surface area (Å²) in [6.45, 7) is 5.71. The van der Waals surface area contributed by atoms with Crippen molar-refractivity contribution in [1.82, 2.24) is 0 Å². The van der Waals surface area contributed by atoms with Crippen LogP contribution < -0.4 is 0 Å². The lowest BCUT2D eigenvalue weighted by Gasteiger charge is -2.03. The molecule has 12 heavy (non-hydrogen) atoms. The number of halogens is 2. The van der Waals surface area contributed by atoms with Gasteiger partial charge >= 0.3 is 0 Å². The fourth-order valence-corrected chi connectivity index (χ4v) is 0.925. The smallest absolute Gasteiger partial charge is 0.105 e. The molecule has 0 radical (unpaired) electrons. The van der Waals surface area contributed by atoms with E-state index in [4.69, 9.17) is 27.9 Å². The van der Waals surface area contributed by atoms with E-state index in [0.717, 1.165) is 18.9 Å². The molecule has 3 heteroatoms. The van der Waals surface area contributed by atoms with Crippen molar-refractivity contribution in [3.63, 3.8) is 0 Å². The molecule has 0 aliphatic heterocycles. The van der Waals surface area contributed by atoms with Gasteiger partial charge in [0.25, 0.3) is 0 Å². The van der Waals surface area contributed by atoms with E-state index in [1.54, 1.807) is 6.08 Å². The molecular weight excluding hydrogens is 195 g/mol. The Labute approximate surface area is 84.7 Å². The van der Waals surface area contributed by atoms with E-state index in [9.17, 15) is 0 Å². The van der Waals surface area contributed by atoms with E-state index in [-0.39, 0.29) is 4.49 Å². The Hall–Kier alpha value is 0.280. The van der Waals surface area contributed by atoms with Gasteiger partial charge in [-0.2, -0.15) is 0 Å². The molecule has 1 nitrogen and oxygen atoms in total. The van der Waals surface area contributed by atoms with Crippen LogP contribution in [0.15, 0.2) is 10.6 Å². The molecule has 0 saturated heterocycles. The van der Waals surface area contributed by atoms with Crippen LogP contribution in [0, 0.1) is 5.92 Å². The number of hydrogen-bond donors (Lipinski definition) is 0. The molecule has 0 aromatic rings. The highest BCUT2D eigenvalue weighted by Crippen LogP contribution is 2.06. The van der Waals surface area contributed by atoms with Crippen molar-refractivity contribution in [2.75, 3.05) is 13.2 Å². The van der Waals surface area contributed by atoms with Crippen LogP contribution in [-0.4, -0.2) is 13.2 Å². The van der Waals surface area contributed by atoms with Gasteiger partial charge in [0.2, 0.25) is 0 Å². The Morgan fingerprint density at radius 1 is 1.42 bits per heavy atom. The zero-order valence-corrected chi connectivity index (χ0v) is 9.16. The van der Waals surface area contributed by atoms with E-state index < -0.39 is 0 Å². The lowest BCUT2D eigenvalue weighted by atomic mass is 10.1. The van der Waals surface area contributed by atoms with Gasteiger partial charge in [0.05, 0.1) is 6.61 Å². The van der Waals surface area contributed by atoms with Gasteiger partial charge in [0.15, 0.2) is 0 Å². The van der Waals surface area contributed by atoms with Gasteiger partial charge in [-0.25, -0.2) is 0 Å². The summed E-state index contributed by atoms with van der Waals surface area (Å²) < 4.78 is 5.53. The van der Waals surface area contributed by atoms with Gasteiger partial charge in [-0.1, -0.05) is 37.0 Å². The molecule has 0 unspecified atom stereocenters. The summed E-state index contributed by atoms with van der Waals surface area (Å²) in [5, 5.41) is 0. The Balaban J connectivity index is 3.06. The average molecular weight is 211 g/mol. The summed E-state index contributed by atoms with van der Waals surface area (Å²) in [6.07, 6.45) is 3.96. The Morgan fingerprint density at radius 2 is 2.08 bits per heavy atom. The zero-order chi connectivity index (χ0) is 9.40. The molecule has 0 N–H and O–H groups in total. The van der Waals surface area contributed by atoms with Crippen molar-refractivity contribution >= 4 is 23.2 Å². The third-order valence-corrected chi connectivity index (χ3v) is 1.73. The first-order chi connectivity index (χ1) is 5.63. The van der Waals surface area contributed by atoms with Gasteiger partial charge in [-0.3, -0.25) is 0 Å². The maximum absolute atomic E-state index is 5.39. The topological polar surface area (TPSA) is 9.23 Å². The number of hydrogen-bond acceptors (Lipinski definition) is 1. The third-order valence-electron chi connectivity index (χ3n) is 1.43. The second kappa shape index (κ2) is 7.90. The monoisotopic (exact) mass is 210 g/mol. The lowest BCUT2D eigenvalue weighted by molar-refractivity contribution is 0.154. The van der Waals surface area contributed by atoms with Crippen LogP contribution in [0.4, 0.5) is 0 Å². The molecule has 0 aromatic heterocycles. The predicted molar refractivity (Wildman–Crippen MR) is 54.7 cm³/mol. The average Bonchev–Trinajstić information content (AvgIpc) is 1.95. The molecule has 0 aromatic carbocycles. The summed E-state index contributed by atoms with van der Waals surface area (Å²) in [7, 11) is 0. The summed E-state index contributed by atoms with van der Waals surface area (Å²) in [5.41, 5.74) is 0.